The summed E-state index contributed by atoms with van der Waals surface area (Å²) in [6, 6.07) is 3.64. The summed E-state index contributed by atoms with van der Waals surface area (Å²) in [5.41, 5.74) is 2.75. The maximum atomic E-state index is 13.6. The van der Waals surface area contributed by atoms with Crippen LogP contribution in [-0.4, -0.2) is 44.9 Å². The highest BCUT2D eigenvalue weighted by atomic mass is 16.5. The smallest absolute Gasteiger partial charge is 0.315 e. The minimum atomic E-state index is -0.695. The van der Waals surface area contributed by atoms with Crippen molar-refractivity contribution in [1.29, 1.82) is 0 Å². The number of carbonyl (C=O) groups excluding carboxylic acids is 2. The summed E-state index contributed by atoms with van der Waals surface area (Å²) < 4.78 is 22.8. The Morgan fingerprint density at radius 1 is 0.939 bits per heavy atom. The summed E-state index contributed by atoms with van der Waals surface area (Å²) in [5.74, 6) is -0.125. The molecule has 178 valence electrons. The fourth-order valence-corrected chi connectivity index (χ4v) is 5.44. The van der Waals surface area contributed by atoms with Crippen LogP contribution in [0.3, 0.4) is 0 Å². The van der Waals surface area contributed by atoms with Crippen LogP contribution in [0.15, 0.2) is 28.4 Å². The van der Waals surface area contributed by atoms with Crippen LogP contribution >= 0.6 is 0 Å². The van der Waals surface area contributed by atoms with Crippen molar-refractivity contribution < 1.29 is 28.5 Å². The number of hydrogen-bond acceptors (Lipinski definition) is 7. The summed E-state index contributed by atoms with van der Waals surface area (Å²) >= 11 is 0. The van der Waals surface area contributed by atoms with E-state index >= 15 is 0 Å². The molecule has 1 unspecified atom stereocenters. The lowest BCUT2D eigenvalue weighted by molar-refractivity contribution is -0.153. The van der Waals surface area contributed by atoms with Gasteiger partial charge in [-0.3, -0.25) is 14.6 Å². The molecule has 0 N–H and O–H groups in total. The number of ketones is 1. The Kier molecular flexibility index (Phi) is 7.05. The van der Waals surface area contributed by atoms with Gasteiger partial charge >= 0.3 is 5.97 Å². The molecule has 0 bridgehead atoms. The standard InChI is InChI=1S/C26H33NO6/c1-15-21(26(29)33-16-9-6-5-7-10-16)22(23-18(27-15)11-8-12-19(23)28)17-13-14-20(30-2)25(32-4)24(17)31-3/h13-14,16,21-22H,5-12H2,1-4H3/t21?,22-/m0/s1. The lowest BCUT2D eigenvalue weighted by Crippen LogP contribution is -2.39. The van der Waals surface area contributed by atoms with E-state index < -0.39 is 11.8 Å². The van der Waals surface area contributed by atoms with Gasteiger partial charge in [-0.25, -0.2) is 0 Å². The van der Waals surface area contributed by atoms with Gasteiger partial charge in [0.25, 0.3) is 0 Å². The molecule has 3 aliphatic rings. The molecule has 1 saturated carbocycles. The number of methoxy groups -OCH3 is 3. The minimum absolute atomic E-state index is 0.0322. The SMILES string of the molecule is COc1ccc([C@@H]2C3=C(CCCC3=O)N=C(C)C2C(=O)OC2CCCCC2)c(OC)c1OC. The van der Waals surface area contributed by atoms with Crippen molar-refractivity contribution in [3.8, 4) is 17.2 Å². The van der Waals surface area contributed by atoms with Crippen molar-refractivity contribution in [2.75, 3.05) is 21.3 Å². The Morgan fingerprint density at radius 3 is 2.33 bits per heavy atom. The predicted molar refractivity (Wildman–Crippen MR) is 124 cm³/mol. The van der Waals surface area contributed by atoms with Crippen LogP contribution in [0.4, 0.5) is 0 Å². The monoisotopic (exact) mass is 455 g/mol. The van der Waals surface area contributed by atoms with Crippen LogP contribution in [0.25, 0.3) is 0 Å². The molecule has 7 heteroatoms. The van der Waals surface area contributed by atoms with Crippen molar-refractivity contribution in [2.24, 2.45) is 10.9 Å². The van der Waals surface area contributed by atoms with Gasteiger partial charge in [-0.2, -0.15) is 0 Å². The number of Topliss-reactive ketones (excluding diaryl/α,β-unsaturated/α-hetero) is 1. The first-order chi connectivity index (χ1) is 16.0. The summed E-state index contributed by atoms with van der Waals surface area (Å²) in [6.07, 6.45) is 6.92. The first kappa shape index (κ1) is 23.3. The Hall–Kier alpha value is -2.83. The molecule has 2 aliphatic carbocycles. The van der Waals surface area contributed by atoms with Gasteiger partial charge in [0.2, 0.25) is 5.75 Å². The summed E-state index contributed by atoms with van der Waals surface area (Å²) in [5, 5.41) is 0. The van der Waals surface area contributed by atoms with Gasteiger partial charge in [-0.05, 0) is 51.5 Å². The van der Waals surface area contributed by atoms with Crippen LogP contribution in [0.5, 0.6) is 17.2 Å². The number of nitrogens with zero attached hydrogens (tertiary/aromatic N) is 1. The average molecular weight is 456 g/mol. The molecule has 0 amide bonds. The van der Waals surface area contributed by atoms with Crippen molar-refractivity contribution in [2.45, 2.75) is 70.3 Å². The average Bonchev–Trinajstić information content (AvgIpc) is 2.82. The molecular formula is C26H33NO6. The van der Waals surface area contributed by atoms with Crippen LogP contribution in [0.2, 0.25) is 0 Å². The highest BCUT2D eigenvalue weighted by Gasteiger charge is 2.45. The molecule has 2 atom stereocenters. The number of allylic oxidation sites excluding steroid dienone is 2. The van der Waals surface area contributed by atoms with Gasteiger partial charge in [-0.1, -0.05) is 12.5 Å². The number of carbonyl (C=O) groups is 2. The van der Waals surface area contributed by atoms with Crippen LogP contribution in [-0.2, 0) is 14.3 Å². The van der Waals surface area contributed by atoms with E-state index in [0.29, 0.717) is 40.5 Å². The van der Waals surface area contributed by atoms with Crippen LogP contribution in [0.1, 0.15) is 69.8 Å². The number of hydrogen-bond donors (Lipinski definition) is 0. The van der Waals surface area contributed by atoms with Crippen molar-refractivity contribution in [1.82, 2.24) is 0 Å². The number of rotatable bonds is 6. The van der Waals surface area contributed by atoms with Gasteiger partial charge in [0.05, 0.1) is 21.3 Å². The molecule has 0 aromatic heterocycles. The zero-order chi connectivity index (χ0) is 23.5. The predicted octanol–water partition coefficient (Wildman–Crippen LogP) is 4.77. The summed E-state index contributed by atoms with van der Waals surface area (Å²) in [4.78, 5) is 31.5. The van der Waals surface area contributed by atoms with E-state index in [0.717, 1.165) is 44.2 Å². The lowest BCUT2D eigenvalue weighted by Gasteiger charge is -2.36. The second-order valence-electron chi connectivity index (χ2n) is 8.97. The van der Waals surface area contributed by atoms with E-state index in [9.17, 15) is 9.59 Å². The number of ether oxygens (including phenoxy) is 4. The normalized spacial score (nSPS) is 23.5. The van der Waals surface area contributed by atoms with Crippen LogP contribution < -0.4 is 14.2 Å². The molecule has 33 heavy (non-hydrogen) atoms. The quantitative estimate of drug-likeness (QED) is 0.575. The Bertz CT molecular complexity index is 989. The van der Waals surface area contributed by atoms with Gasteiger partial charge < -0.3 is 18.9 Å². The van der Waals surface area contributed by atoms with Crippen molar-refractivity contribution in [3.05, 3.63) is 29.0 Å². The highest BCUT2D eigenvalue weighted by Crippen LogP contribution is 2.50. The second kappa shape index (κ2) is 9.98. The zero-order valence-corrected chi connectivity index (χ0v) is 19.9. The maximum absolute atomic E-state index is 13.6. The molecule has 1 heterocycles. The third-order valence-corrected chi connectivity index (χ3v) is 6.99. The van der Waals surface area contributed by atoms with E-state index in [4.69, 9.17) is 23.9 Å². The topological polar surface area (TPSA) is 83.4 Å². The number of aliphatic imine (C=N–C) groups is 1. The highest BCUT2D eigenvalue weighted by molar-refractivity contribution is 6.09. The molecule has 1 aromatic rings. The Balaban J connectivity index is 1.83. The van der Waals surface area contributed by atoms with Gasteiger partial charge in [0, 0.05) is 34.9 Å². The lowest BCUT2D eigenvalue weighted by atomic mass is 9.71. The third kappa shape index (κ3) is 4.37. The first-order valence-corrected chi connectivity index (χ1v) is 11.8. The zero-order valence-electron chi connectivity index (χ0n) is 19.9. The van der Waals surface area contributed by atoms with E-state index in [-0.39, 0.29) is 17.9 Å². The summed E-state index contributed by atoms with van der Waals surface area (Å²) in [7, 11) is 4.66. The largest absolute Gasteiger partial charge is 0.493 e. The van der Waals surface area contributed by atoms with E-state index in [1.54, 1.807) is 27.4 Å². The van der Waals surface area contributed by atoms with Gasteiger partial charge in [-0.15, -0.1) is 0 Å². The molecule has 1 aromatic carbocycles. The number of benzene rings is 1. The van der Waals surface area contributed by atoms with Crippen molar-refractivity contribution >= 4 is 17.5 Å². The van der Waals surface area contributed by atoms with Gasteiger partial charge in [0.1, 0.15) is 12.0 Å². The molecule has 1 fully saturated rings. The fraction of sp³-hybridized carbons (Fsp3) is 0.577. The van der Waals surface area contributed by atoms with E-state index in [1.165, 1.54) is 6.42 Å². The molecule has 4 rings (SSSR count). The third-order valence-electron chi connectivity index (χ3n) is 6.99. The molecule has 7 nitrogen and oxygen atoms in total. The summed E-state index contributed by atoms with van der Waals surface area (Å²) in [6.45, 7) is 1.86. The Labute approximate surface area is 195 Å². The second-order valence-corrected chi connectivity index (χ2v) is 8.97. The van der Waals surface area contributed by atoms with E-state index in [2.05, 4.69) is 0 Å². The molecule has 0 saturated heterocycles. The van der Waals surface area contributed by atoms with E-state index in [1.807, 2.05) is 13.0 Å². The van der Waals surface area contributed by atoms with Crippen LogP contribution in [0, 0.1) is 5.92 Å². The minimum Gasteiger partial charge on any atom is -0.493 e. The fourth-order valence-electron chi connectivity index (χ4n) is 5.44. The maximum Gasteiger partial charge on any atom is 0.315 e. The Morgan fingerprint density at radius 2 is 1.67 bits per heavy atom. The van der Waals surface area contributed by atoms with Gasteiger partial charge in [0.15, 0.2) is 17.3 Å². The number of esters is 1. The molecular weight excluding hydrogens is 422 g/mol. The molecule has 0 radical (unpaired) electrons. The first-order valence-electron chi connectivity index (χ1n) is 11.8. The molecule has 0 spiro atoms. The molecule has 1 aliphatic heterocycles. The van der Waals surface area contributed by atoms with Crippen molar-refractivity contribution in [3.63, 3.8) is 0 Å².